The van der Waals surface area contributed by atoms with Gasteiger partial charge in [0, 0.05) is 32.9 Å². The maximum absolute atomic E-state index is 12.8. The molecule has 1 fully saturated rings. The van der Waals surface area contributed by atoms with Crippen molar-refractivity contribution in [2.45, 2.75) is 19.1 Å². The van der Waals surface area contributed by atoms with E-state index in [9.17, 15) is 18.4 Å². The molecule has 3 aromatic heterocycles. The van der Waals surface area contributed by atoms with Crippen LogP contribution in [0.1, 0.15) is 16.9 Å². The number of nitrogens with one attached hydrogen (secondary N) is 3. The van der Waals surface area contributed by atoms with Gasteiger partial charge in [-0.15, -0.1) is 5.10 Å². The van der Waals surface area contributed by atoms with Crippen LogP contribution in [0.4, 0.5) is 26.0 Å². The zero-order chi connectivity index (χ0) is 22.8. The van der Waals surface area contributed by atoms with E-state index in [1.807, 2.05) is 0 Å². The van der Waals surface area contributed by atoms with Gasteiger partial charge in [0.05, 0.1) is 11.9 Å². The molecule has 0 bridgehead atoms. The summed E-state index contributed by atoms with van der Waals surface area (Å²) in [6.07, 6.45) is 3.17. The zero-order valence-electron chi connectivity index (χ0n) is 17.2. The third kappa shape index (κ3) is 4.08. The molecule has 0 aliphatic carbocycles. The number of likely N-dealkylation sites (N-methyl/N-ethyl adjacent to an activating group) is 1. The smallest absolute Gasteiger partial charge is 0.388 e. The van der Waals surface area contributed by atoms with Crippen LogP contribution >= 0.6 is 0 Å². The molecule has 32 heavy (non-hydrogen) atoms. The van der Waals surface area contributed by atoms with Crippen molar-refractivity contribution in [3.63, 3.8) is 0 Å². The van der Waals surface area contributed by atoms with Gasteiger partial charge in [0.1, 0.15) is 11.7 Å². The van der Waals surface area contributed by atoms with Gasteiger partial charge in [-0.05, 0) is 18.6 Å². The van der Waals surface area contributed by atoms with Gasteiger partial charge < -0.3 is 25.6 Å². The number of halogens is 2. The number of rotatable bonds is 7. The highest BCUT2D eigenvalue weighted by Crippen LogP contribution is 2.28. The molecule has 0 saturated carbocycles. The Hall–Kier alpha value is -4.03. The highest BCUT2D eigenvalue weighted by molar-refractivity contribution is 5.97. The highest BCUT2D eigenvalue weighted by atomic mass is 19.3. The third-order valence-electron chi connectivity index (χ3n) is 4.94. The first-order valence-corrected chi connectivity index (χ1v) is 9.66. The van der Waals surface area contributed by atoms with Gasteiger partial charge in [-0.2, -0.15) is 8.78 Å². The van der Waals surface area contributed by atoms with E-state index in [2.05, 4.69) is 35.8 Å². The van der Waals surface area contributed by atoms with E-state index in [4.69, 9.17) is 0 Å². The monoisotopic (exact) mass is 446 g/mol. The number of hydrogen-bond acceptors (Lipinski definition) is 8. The molecular formula is C19H20F2N8O3. The molecule has 1 saturated heterocycles. The van der Waals surface area contributed by atoms with E-state index in [1.165, 1.54) is 23.0 Å². The Balaban J connectivity index is 1.66. The van der Waals surface area contributed by atoms with Crippen molar-refractivity contribution >= 4 is 34.7 Å². The number of imidazole rings is 1. The molecule has 1 atom stereocenters. The van der Waals surface area contributed by atoms with Gasteiger partial charge in [-0.3, -0.25) is 9.59 Å². The fourth-order valence-electron chi connectivity index (χ4n) is 3.36. The first kappa shape index (κ1) is 21.2. The van der Waals surface area contributed by atoms with Crippen LogP contribution in [0.3, 0.4) is 0 Å². The molecule has 1 aliphatic heterocycles. The number of carbonyl (C=O) groups is 2. The first-order valence-electron chi connectivity index (χ1n) is 9.66. The van der Waals surface area contributed by atoms with Crippen molar-refractivity contribution in [2.75, 3.05) is 31.3 Å². The van der Waals surface area contributed by atoms with Gasteiger partial charge in [0.15, 0.2) is 17.2 Å². The second kappa shape index (κ2) is 8.61. The predicted molar refractivity (Wildman–Crippen MR) is 110 cm³/mol. The van der Waals surface area contributed by atoms with Gasteiger partial charge in [0.25, 0.3) is 5.91 Å². The van der Waals surface area contributed by atoms with Crippen molar-refractivity contribution < 1.29 is 23.1 Å². The van der Waals surface area contributed by atoms with Crippen LogP contribution < -0.4 is 20.7 Å². The first-order chi connectivity index (χ1) is 15.4. The Kier molecular flexibility index (Phi) is 5.71. The SMILES string of the molecule is CNc1cc(Nc2cccnc2OC(F)F)nn2c(C(=O)N[C@@H]3CCN(C)C3=O)cnc12. The number of carbonyl (C=O) groups excluding carboxylic acids is 2. The Morgan fingerprint density at radius 2 is 2.12 bits per heavy atom. The summed E-state index contributed by atoms with van der Waals surface area (Å²) in [4.78, 5) is 34.5. The summed E-state index contributed by atoms with van der Waals surface area (Å²) < 4.78 is 31.1. The number of nitrogens with zero attached hydrogens (tertiary/aromatic N) is 5. The van der Waals surface area contributed by atoms with Crippen LogP contribution in [0.5, 0.6) is 5.88 Å². The molecule has 0 unspecified atom stereocenters. The number of amides is 2. The van der Waals surface area contributed by atoms with E-state index in [0.29, 0.717) is 24.3 Å². The average Bonchev–Trinajstić information content (AvgIpc) is 3.33. The Morgan fingerprint density at radius 1 is 1.31 bits per heavy atom. The standard InChI is InChI=1S/C19H20F2N8O3/c1-22-12-8-14(25-10-4-3-6-23-17(10)32-19(20)21)27-29-13(9-24-15(12)29)16(30)26-11-5-7-28(2)18(11)31/h3-4,6,8-9,11,19,22H,5,7H2,1-2H3,(H,25,27)(H,26,30)/t11-/m1/s1. The normalized spacial score (nSPS) is 16.0. The molecule has 0 spiro atoms. The Labute approximate surface area is 180 Å². The molecule has 4 heterocycles. The number of likely N-dealkylation sites (tertiary alicyclic amines) is 1. The van der Waals surface area contributed by atoms with E-state index in [0.717, 1.165) is 0 Å². The molecule has 0 aromatic carbocycles. The largest absolute Gasteiger partial charge is 0.415 e. The van der Waals surface area contributed by atoms with Crippen LogP contribution in [0.2, 0.25) is 0 Å². The summed E-state index contributed by atoms with van der Waals surface area (Å²) in [6.45, 7) is -2.49. The number of anilines is 3. The maximum atomic E-state index is 12.8. The number of hydrogen-bond donors (Lipinski definition) is 3. The van der Waals surface area contributed by atoms with Gasteiger partial charge in [-0.25, -0.2) is 14.5 Å². The molecular weight excluding hydrogens is 426 g/mol. The van der Waals surface area contributed by atoms with Gasteiger partial charge in [-0.1, -0.05) is 0 Å². The van der Waals surface area contributed by atoms with Crippen LogP contribution in [0, 0.1) is 0 Å². The lowest BCUT2D eigenvalue weighted by Gasteiger charge is -2.14. The summed E-state index contributed by atoms with van der Waals surface area (Å²) in [5, 5.41) is 12.9. The van der Waals surface area contributed by atoms with Crippen LogP contribution in [-0.4, -0.2) is 69.6 Å². The Morgan fingerprint density at radius 3 is 2.81 bits per heavy atom. The summed E-state index contributed by atoms with van der Waals surface area (Å²) >= 11 is 0. The number of fused-ring (bicyclic) bond motifs is 1. The third-order valence-corrected chi connectivity index (χ3v) is 4.94. The van der Waals surface area contributed by atoms with Gasteiger partial charge in [0.2, 0.25) is 11.8 Å². The zero-order valence-corrected chi connectivity index (χ0v) is 17.2. The minimum absolute atomic E-state index is 0.109. The molecule has 11 nitrogen and oxygen atoms in total. The maximum Gasteiger partial charge on any atom is 0.388 e. The van der Waals surface area contributed by atoms with E-state index >= 15 is 0 Å². The quantitative estimate of drug-likeness (QED) is 0.498. The van der Waals surface area contributed by atoms with Crippen molar-refractivity contribution in [1.29, 1.82) is 0 Å². The fraction of sp³-hybridized carbons (Fsp3) is 0.316. The number of pyridine rings is 1. The summed E-state index contributed by atoms with van der Waals surface area (Å²) in [5.41, 5.74) is 1.16. The molecule has 13 heteroatoms. The predicted octanol–water partition coefficient (Wildman–Crippen LogP) is 1.47. The lowest BCUT2D eigenvalue weighted by Crippen LogP contribution is -2.41. The lowest BCUT2D eigenvalue weighted by atomic mass is 10.2. The molecule has 168 valence electrons. The van der Waals surface area contributed by atoms with Crippen molar-refractivity contribution in [3.05, 3.63) is 36.3 Å². The lowest BCUT2D eigenvalue weighted by molar-refractivity contribution is -0.128. The summed E-state index contributed by atoms with van der Waals surface area (Å²) in [7, 11) is 3.34. The van der Waals surface area contributed by atoms with Crippen LogP contribution in [0.25, 0.3) is 5.65 Å². The van der Waals surface area contributed by atoms with Crippen LogP contribution in [-0.2, 0) is 4.79 Å². The van der Waals surface area contributed by atoms with Gasteiger partial charge >= 0.3 is 6.61 Å². The summed E-state index contributed by atoms with van der Waals surface area (Å²) in [6, 6.07) is 4.02. The van der Waals surface area contributed by atoms with Crippen molar-refractivity contribution in [3.8, 4) is 5.88 Å². The van der Waals surface area contributed by atoms with Crippen LogP contribution in [0.15, 0.2) is 30.6 Å². The number of ether oxygens (including phenoxy) is 1. The van der Waals surface area contributed by atoms with E-state index in [1.54, 1.807) is 31.1 Å². The molecule has 4 rings (SSSR count). The second-order valence-electron chi connectivity index (χ2n) is 7.01. The minimum atomic E-state index is -3.05. The van der Waals surface area contributed by atoms with E-state index in [-0.39, 0.29) is 29.0 Å². The van der Waals surface area contributed by atoms with E-state index < -0.39 is 18.6 Å². The molecule has 0 radical (unpaired) electrons. The minimum Gasteiger partial charge on any atom is -0.415 e. The Bertz CT molecular complexity index is 1170. The highest BCUT2D eigenvalue weighted by Gasteiger charge is 2.31. The fourth-order valence-corrected chi connectivity index (χ4v) is 3.36. The topological polar surface area (TPSA) is 126 Å². The molecule has 2 amide bonds. The second-order valence-corrected chi connectivity index (χ2v) is 7.01. The number of alkyl halides is 2. The van der Waals surface area contributed by atoms with Crippen molar-refractivity contribution in [2.24, 2.45) is 0 Å². The summed E-state index contributed by atoms with van der Waals surface area (Å²) in [5.74, 6) is -0.761. The molecule has 3 aromatic rings. The molecule has 3 N–H and O–H groups in total. The molecule has 1 aliphatic rings. The number of aromatic nitrogens is 4. The van der Waals surface area contributed by atoms with Crippen molar-refractivity contribution in [1.82, 2.24) is 29.8 Å². The average molecular weight is 446 g/mol.